The summed E-state index contributed by atoms with van der Waals surface area (Å²) >= 11 is 0. The smallest absolute Gasteiger partial charge is 0.129 e. The lowest BCUT2D eigenvalue weighted by Gasteiger charge is -2.24. The Hall–Kier alpha value is -0.970. The van der Waals surface area contributed by atoms with Gasteiger partial charge >= 0.3 is 0 Å². The van der Waals surface area contributed by atoms with E-state index >= 15 is 0 Å². The minimum Gasteiger partial charge on any atom is -0.379 e. The summed E-state index contributed by atoms with van der Waals surface area (Å²) in [5.74, 6) is 0.222. The highest BCUT2D eigenvalue weighted by atomic mass is 19.1. The Morgan fingerprint density at radius 1 is 1.20 bits per heavy atom. The van der Waals surface area contributed by atoms with Crippen LogP contribution in [0.3, 0.4) is 0 Å². The summed E-state index contributed by atoms with van der Waals surface area (Å²) < 4.78 is 25.1. The number of ether oxygens (including phenoxy) is 2. The monoisotopic (exact) mass is 283 g/mol. The lowest BCUT2D eigenvalue weighted by Crippen LogP contribution is -2.31. The third-order valence-corrected chi connectivity index (χ3v) is 3.05. The van der Waals surface area contributed by atoms with Gasteiger partial charge in [0, 0.05) is 18.2 Å². The van der Waals surface area contributed by atoms with Gasteiger partial charge in [0.25, 0.3) is 0 Å². The molecule has 0 aliphatic heterocycles. The minimum atomic E-state index is -0.427. The second kappa shape index (κ2) is 9.06. The first kappa shape index (κ1) is 17.1. The second-order valence-electron chi connectivity index (χ2n) is 5.35. The van der Waals surface area contributed by atoms with Gasteiger partial charge in [-0.25, -0.2) is 4.39 Å². The van der Waals surface area contributed by atoms with E-state index in [2.05, 4.69) is 13.8 Å². The third kappa shape index (κ3) is 5.57. The lowest BCUT2D eigenvalue weighted by molar-refractivity contribution is -0.0136. The zero-order chi connectivity index (χ0) is 15.0. The van der Waals surface area contributed by atoms with Gasteiger partial charge in [0.1, 0.15) is 11.9 Å². The molecule has 3 nitrogen and oxygen atoms in total. The highest BCUT2D eigenvalue weighted by Gasteiger charge is 2.22. The Labute approximate surface area is 121 Å². The summed E-state index contributed by atoms with van der Waals surface area (Å²) in [5, 5.41) is 0. The molecule has 0 aliphatic rings. The minimum absolute atomic E-state index is 0.225. The van der Waals surface area contributed by atoms with Crippen LogP contribution in [0, 0.1) is 11.7 Å². The quantitative estimate of drug-likeness (QED) is 0.707. The number of halogens is 1. The average Bonchev–Trinajstić information content (AvgIpc) is 2.43. The molecule has 4 heteroatoms. The van der Waals surface area contributed by atoms with Crippen LogP contribution in [-0.4, -0.2) is 25.9 Å². The number of benzene rings is 1. The van der Waals surface area contributed by atoms with Crippen molar-refractivity contribution in [3.05, 3.63) is 35.6 Å². The lowest BCUT2D eigenvalue weighted by atomic mass is 10.0. The van der Waals surface area contributed by atoms with Crippen LogP contribution in [-0.2, 0) is 9.47 Å². The van der Waals surface area contributed by atoms with Crippen molar-refractivity contribution in [3.63, 3.8) is 0 Å². The van der Waals surface area contributed by atoms with Crippen molar-refractivity contribution in [2.45, 2.75) is 39.3 Å². The number of nitrogens with two attached hydrogens (primary N) is 1. The van der Waals surface area contributed by atoms with Gasteiger partial charge < -0.3 is 15.2 Å². The molecule has 2 unspecified atom stereocenters. The van der Waals surface area contributed by atoms with E-state index in [0.29, 0.717) is 31.3 Å². The van der Waals surface area contributed by atoms with Gasteiger partial charge in [-0.1, -0.05) is 39.0 Å². The predicted octanol–water partition coefficient (Wildman–Crippen LogP) is 3.29. The fourth-order valence-electron chi connectivity index (χ4n) is 1.92. The first-order valence-electron chi connectivity index (χ1n) is 7.25. The van der Waals surface area contributed by atoms with Crippen LogP contribution < -0.4 is 5.73 Å². The van der Waals surface area contributed by atoms with Gasteiger partial charge in [0.15, 0.2) is 0 Å². The summed E-state index contributed by atoms with van der Waals surface area (Å²) in [4.78, 5) is 0. The van der Waals surface area contributed by atoms with Crippen molar-refractivity contribution in [2.24, 2.45) is 11.7 Å². The van der Waals surface area contributed by atoms with Gasteiger partial charge in [-0.05, 0) is 18.4 Å². The van der Waals surface area contributed by atoms with Crippen LogP contribution in [0.1, 0.15) is 38.9 Å². The van der Waals surface area contributed by atoms with Crippen LogP contribution in [0.5, 0.6) is 0 Å². The van der Waals surface area contributed by atoms with Gasteiger partial charge in [0.2, 0.25) is 0 Å². The fraction of sp³-hybridized carbons (Fsp3) is 0.625. The largest absolute Gasteiger partial charge is 0.379 e. The van der Waals surface area contributed by atoms with E-state index in [-0.39, 0.29) is 11.9 Å². The Kier molecular flexibility index (Phi) is 7.73. The molecule has 0 aliphatic carbocycles. The molecule has 2 atom stereocenters. The van der Waals surface area contributed by atoms with E-state index in [9.17, 15) is 4.39 Å². The summed E-state index contributed by atoms with van der Waals surface area (Å²) in [6.45, 7) is 7.77. The molecule has 0 saturated heterocycles. The molecule has 114 valence electrons. The van der Waals surface area contributed by atoms with Crippen LogP contribution in [0.25, 0.3) is 0 Å². The van der Waals surface area contributed by atoms with Crippen molar-refractivity contribution in [1.29, 1.82) is 0 Å². The highest BCUT2D eigenvalue weighted by molar-refractivity contribution is 5.21. The molecule has 1 aromatic carbocycles. The van der Waals surface area contributed by atoms with Crippen LogP contribution in [0.4, 0.5) is 4.39 Å². The van der Waals surface area contributed by atoms with Gasteiger partial charge in [-0.3, -0.25) is 0 Å². The highest BCUT2D eigenvalue weighted by Crippen LogP contribution is 2.24. The maximum Gasteiger partial charge on any atom is 0.129 e. The second-order valence-corrected chi connectivity index (χ2v) is 5.35. The molecule has 0 aromatic heterocycles. The molecule has 0 spiro atoms. The topological polar surface area (TPSA) is 44.5 Å². The Balaban J connectivity index is 2.56. The van der Waals surface area contributed by atoms with E-state index in [4.69, 9.17) is 15.2 Å². The molecule has 0 amide bonds. The maximum atomic E-state index is 13.9. The van der Waals surface area contributed by atoms with Crippen LogP contribution in [0.15, 0.2) is 24.3 Å². The zero-order valence-electron chi connectivity index (χ0n) is 12.6. The number of hydrogen-bond acceptors (Lipinski definition) is 3. The van der Waals surface area contributed by atoms with Gasteiger partial charge in [0.05, 0.1) is 13.2 Å². The maximum absolute atomic E-state index is 13.9. The molecule has 1 aromatic rings. The molecule has 0 heterocycles. The molecule has 0 saturated carbocycles. The number of rotatable bonds is 9. The molecular formula is C16H26FNO2. The molecule has 0 radical (unpaired) electrons. The molecule has 0 bridgehead atoms. The fourth-order valence-corrected chi connectivity index (χ4v) is 1.92. The first-order valence-corrected chi connectivity index (χ1v) is 7.25. The summed E-state index contributed by atoms with van der Waals surface area (Å²) in [6, 6.07) is 6.40. The van der Waals surface area contributed by atoms with Crippen molar-refractivity contribution in [3.8, 4) is 0 Å². The summed E-state index contributed by atoms with van der Waals surface area (Å²) in [5.41, 5.74) is 6.57. The average molecular weight is 283 g/mol. The van der Waals surface area contributed by atoms with Crippen LogP contribution in [0.2, 0.25) is 0 Å². The van der Waals surface area contributed by atoms with E-state index < -0.39 is 6.10 Å². The van der Waals surface area contributed by atoms with Crippen molar-refractivity contribution >= 4 is 0 Å². The first-order chi connectivity index (χ1) is 9.56. The molecule has 2 N–H and O–H groups in total. The normalized spacial score (nSPS) is 14.5. The Bertz CT molecular complexity index is 384. The zero-order valence-corrected chi connectivity index (χ0v) is 12.6. The van der Waals surface area contributed by atoms with Crippen molar-refractivity contribution < 1.29 is 13.9 Å². The van der Waals surface area contributed by atoms with Gasteiger partial charge in [-0.15, -0.1) is 0 Å². The molecule has 0 fully saturated rings. The van der Waals surface area contributed by atoms with E-state index in [1.807, 2.05) is 6.92 Å². The van der Waals surface area contributed by atoms with Crippen molar-refractivity contribution in [2.75, 3.05) is 19.8 Å². The standard InChI is InChI=1S/C16H26FNO2/c1-4-15(18)16(13-7-5-6-8-14(13)17)20-10-9-19-11-12(2)3/h5-8,12,15-16H,4,9-11,18H2,1-3H3. The van der Waals surface area contributed by atoms with Gasteiger partial charge in [-0.2, -0.15) is 0 Å². The summed E-state index contributed by atoms with van der Waals surface area (Å²) in [7, 11) is 0. The molecule has 1 rings (SSSR count). The van der Waals surface area contributed by atoms with Crippen LogP contribution >= 0.6 is 0 Å². The third-order valence-electron chi connectivity index (χ3n) is 3.05. The van der Waals surface area contributed by atoms with E-state index in [1.54, 1.807) is 18.2 Å². The summed E-state index contributed by atoms with van der Waals surface area (Å²) in [6.07, 6.45) is 0.301. The Morgan fingerprint density at radius 2 is 1.90 bits per heavy atom. The van der Waals surface area contributed by atoms with E-state index in [0.717, 1.165) is 6.42 Å². The van der Waals surface area contributed by atoms with E-state index in [1.165, 1.54) is 6.07 Å². The molecule has 20 heavy (non-hydrogen) atoms. The number of hydrogen-bond donors (Lipinski definition) is 1. The Morgan fingerprint density at radius 3 is 2.50 bits per heavy atom. The van der Waals surface area contributed by atoms with Crippen molar-refractivity contribution in [1.82, 2.24) is 0 Å². The predicted molar refractivity (Wildman–Crippen MR) is 79.0 cm³/mol. The SMILES string of the molecule is CCC(N)C(OCCOCC(C)C)c1ccccc1F. The molecular weight excluding hydrogens is 257 g/mol.